The minimum absolute atomic E-state index is 0.119. The zero-order chi connectivity index (χ0) is 16.6. The molecule has 0 radical (unpaired) electrons. The molecule has 1 aliphatic heterocycles. The van der Waals surface area contributed by atoms with Gasteiger partial charge in [-0.15, -0.1) is 0 Å². The molecular formula is C17H14ClF2NO2. The largest absolute Gasteiger partial charge is 0.478 e. The average molecular weight is 338 g/mol. The van der Waals surface area contributed by atoms with Crippen LogP contribution in [-0.4, -0.2) is 23.5 Å². The molecule has 1 fully saturated rings. The second kappa shape index (κ2) is 5.81. The summed E-state index contributed by atoms with van der Waals surface area (Å²) in [6.07, 6.45) is -0.322. The summed E-state index contributed by atoms with van der Waals surface area (Å²) in [5, 5.41) is 9.39. The third kappa shape index (κ3) is 3.15. The predicted octanol–water partition coefficient (Wildman–Crippen LogP) is 4.62. The fourth-order valence-electron chi connectivity index (χ4n) is 2.91. The second-order valence-electron chi connectivity index (χ2n) is 5.58. The van der Waals surface area contributed by atoms with Crippen molar-refractivity contribution in [3.8, 4) is 0 Å². The van der Waals surface area contributed by atoms with Gasteiger partial charge in [0.15, 0.2) is 0 Å². The van der Waals surface area contributed by atoms with E-state index in [-0.39, 0.29) is 12.0 Å². The molecule has 0 spiro atoms. The number of carboxylic acid groups (broad SMARTS) is 1. The van der Waals surface area contributed by atoms with Crippen LogP contribution in [0.4, 0.5) is 14.5 Å². The van der Waals surface area contributed by atoms with E-state index in [0.717, 1.165) is 0 Å². The van der Waals surface area contributed by atoms with Crippen LogP contribution in [0.5, 0.6) is 0 Å². The smallest absolute Gasteiger partial charge is 0.335 e. The molecule has 0 saturated carbocycles. The topological polar surface area (TPSA) is 40.5 Å². The molecule has 1 unspecified atom stereocenters. The van der Waals surface area contributed by atoms with Crippen LogP contribution >= 0.6 is 11.6 Å². The maximum atomic E-state index is 14.0. The third-order valence-electron chi connectivity index (χ3n) is 3.98. The summed E-state index contributed by atoms with van der Waals surface area (Å²) in [4.78, 5) is 12.5. The minimum atomic E-state index is -2.82. The first-order chi connectivity index (χ1) is 10.9. The van der Waals surface area contributed by atoms with E-state index in [4.69, 9.17) is 16.7 Å². The van der Waals surface area contributed by atoms with Gasteiger partial charge in [0.05, 0.1) is 18.2 Å². The van der Waals surface area contributed by atoms with Crippen molar-refractivity contribution < 1.29 is 18.7 Å². The van der Waals surface area contributed by atoms with Gasteiger partial charge in [-0.1, -0.05) is 29.8 Å². The van der Waals surface area contributed by atoms with Gasteiger partial charge in [0.25, 0.3) is 5.92 Å². The van der Waals surface area contributed by atoms with Gasteiger partial charge in [0, 0.05) is 17.1 Å². The van der Waals surface area contributed by atoms with Crippen LogP contribution in [0.25, 0.3) is 0 Å². The Bertz CT molecular complexity index is 734. The van der Waals surface area contributed by atoms with Gasteiger partial charge in [0.2, 0.25) is 0 Å². The van der Waals surface area contributed by atoms with Crippen molar-refractivity contribution in [3.63, 3.8) is 0 Å². The lowest BCUT2D eigenvalue weighted by Crippen LogP contribution is -2.26. The first kappa shape index (κ1) is 15.7. The van der Waals surface area contributed by atoms with E-state index in [1.807, 2.05) is 0 Å². The summed E-state index contributed by atoms with van der Waals surface area (Å²) in [5.41, 5.74) is 1.32. The molecule has 120 valence electrons. The number of nitrogens with zero attached hydrogens (tertiary/aromatic N) is 1. The molecule has 1 atom stereocenters. The lowest BCUT2D eigenvalue weighted by molar-refractivity contribution is 0.0223. The number of alkyl halides is 2. The molecule has 3 rings (SSSR count). The van der Waals surface area contributed by atoms with Crippen LogP contribution in [0.3, 0.4) is 0 Å². The molecule has 0 aromatic heterocycles. The number of halogens is 3. The number of aromatic carboxylic acids is 1. The molecule has 23 heavy (non-hydrogen) atoms. The Morgan fingerprint density at radius 1 is 1.17 bits per heavy atom. The highest BCUT2D eigenvalue weighted by Gasteiger charge is 2.46. The molecule has 0 bridgehead atoms. The Morgan fingerprint density at radius 2 is 1.83 bits per heavy atom. The number of anilines is 1. The fraction of sp³-hybridized carbons (Fsp3) is 0.235. The van der Waals surface area contributed by atoms with Crippen molar-refractivity contribution in [1.82, 2.24) is 0 Å². The molecular weight excluding hydrogens is 324 g/mol. The van der Waals surface area contributed by atoms with Crippen LogP contribution in [0.1, 0.15) is 28.4 Å². The maximum Gasteiger partial charge on any atom is 0.335 e. The van der Waals surface area contributed by atoms with Crippen molar-refractivity contribution in [1.29, 1.82) is 0 Å². The Morgan fingerprint density at radius 3 is 2.43 bits per heavy atom. The number of carboxylic acids is 1. The van der Waals surface area contributed by atoms with Gasteiger partial charge in [-0.05, 0) is 35.9 Å². The van der Waals surface area contributed by atoms with E-state index in [1.54, 1.807) is 41.3 Å². The second-order valence-corrected chi connectivity index (χ2v) is 5.98. The molecule has 2 aromatic carbocycles. The molecule has 1 saturated heterocycles. The average Bonchev–Trinajstić information content (AvgIpc) is 2.83. The van der Waals surface area contributed by atoms with E-state index in [9.17, 15) is 13.6 Å². The molecule has 6 heteroatoms. The first-order valence-electron chi connectivity index (χ1n) is 7.10. The molecule has 1 N–H and O–H groups in total. The summed E-state index contributed by atoms with van der Waals surface area (Å²) >= 11 is 6.17. The summed E-state index contributed by atoms with van der Waals surface area (Å²) < 4.78 is 28.0. The zero-order valence-electron chi connectivity index (χ0n) is 12.0. The molecule has 2 aromatic rings. The Balaban J connectivity index is 1.98. The van der Waals surface area contributed by atoms with Gasteiger partial charge < -0.3 is 10.0 Å². The Labute approximate surface area is 137 Å². The van der Waals surface area contributed by atoms with E-state index < -0.39 is 24.5 Å². The predicted molar refractivity (Wildman–Crippen MR) is 84.5 cm³/mol. The number of rotatable bonds is 3. The summed E-state index contributed by atoms with van der Waals surface area (Å²) in [6.45, 7) is -0.421. The van der Waals surface area contributed by atoms with Gasteiger partial charge in [-0.2, -0.15) is 0 Å². The standard InChI is InChI=1S/C17H14ClF2NO2/c18-14-4-2-1-3-13(14)15-9-17(19,20)10-21(15)12-7-5-11(6-8-12)16(22)23/h1-8,15H,9-10H2,(H,22,23). The van der Waals surface area contributed by atoms with Crippen LogP contribution in [0.2, 0.25) is 5.02 Å². The quantitative estimate of drug-likeness (QED) is 0.888. The van der Waals surface area contributed by atoms with Gasteiger partial charge in [-0.25, -0.2) is 13.6 Å². The van der Waals surface area contributed by atoms with Crippen molar-refractivity contribution in [3.05, 3.63) is 64.7 Å². The summed E-state index contributed by atoms with van der Waals surface area (Å²) in [7, 11) is 0. The van der Waals surface area contributed by atoms with Crippen molar-refractivity contribution in [2.45, 2.75) is 18.4 Å². The van der Waals surface area contributed by atoms with Gasteiger partial charge in [0.1, 0.15) is 0 Å². The van der Waals surface area contributed by atoms with E-state index in [0.29, 0.717) is 16.3 Å². The maximum absolute atomic E-state index is 14.0. The first-order valence-corrected chi connectivity index (χ1v) is 7.47. The lowest BCUT2D eigenvalue weighted by atomic mass is 10.0. The molecule has 1 aliphatic rings. The molecule has 0 amide bonds. The monoisotopic (exact) mass is 337 g/mol. The normalized spacial score (nSPS) is 19.8. The Kier molecular flexibility index (Phi) is 3.98. The van der Waals surface area contributed by atoms with Crippen LogP contribution in [0, 0.1) is 0 Å². The Hall–Kier alpha value is -2.14. The fourth-order valence-corrected chi connectivity index (χ4v) is 3.17. The van der Waals surface area contributed by atoms with Gasteiger partial charge in [-0.3, -0.25) is 0 Å². The van der Waals surface area contributed by atoms with E-state index >= 15 is 0 Å². The molecule has 3 nitrogen and oxygen atoms in total. The van der Waals surface area contributed by atoms with E-state index in [1.165, 1.54) is 12.1 Å². The van der Waals surface area contributed by atoms with Crippen molar-refractivity contribution in [2.24, 2.45) is 0 Å². The number of hydrogen-bond donors (Lipinski definition) is 1. The summed E-state index contributed by atoms with van der Waals surface area (Å²) in [5.74, 6) is -3.87. The highest BCUT2D eigenvalue weighted by atomic mass is 35.5. The van der Waals surface area contributed by atoms with Crippen LogP contribution < -0.4 is 4.90 Å². The SMILES string of the molecule is O=C(O)c1ccc(N2CC(F)(F)CC2c2ccccc2Cl)cc1. The highest BCUT2D eigenvalue weighted by Crippen LogP contribution is 2.45. The summed E-state index contributed by atoms with van der Waals surface area (Å²) in [6, 6.07) is 12.3. The molecule has 1 heterocycles. The van der Waals surface area contributed by atoms with Gasteiger partial charge >= 0.3 is 5.97 Å². The molecule has 0 aliphatic carbocycles. The highest BCUT2D eigenvalue weighted by molar-refractivity contribution is 6.31. The number of carbonyl (C=O) groups is 1. The third-order valence-corrected chi connectivity index (χ3v) is 4.32. The van der Waals surface area contributed by atoms with Crippen molar-refractivity contribution in [2.75, 3.05) is 11.4 Å². The minimum Gasteiger partial charge on any atom is -0.478 e. The number of benzene rings is 2. The number of hydrogen-bond acceptors (Lipinski definition) is 2. The zero-order valence-corrected chi connectivity index (χ0v) is 12.8. The lowest BCUT2D eigenvalue weighted by Gasteiger charge is -2.27. The van der Waals surface area contributed by atoms with Crippen LogP contribution in [-0.2, 0) is 0 Å². The van der Waals surface area contributed by atoms with Crippen molar-refractivity contribution >= 4 is 23.3 Å². The van der Waals surface area contributed by atoms with Crippen LogP contribution in [0.15, 0.2) is 48.5 Å². The van der Waals surface area contributed by atoms with E-state index in [2.05, 4.69) is 0 Å².